The topological polar surface area (TPSA) is 117 Å². The zero-order valence-corrected chi connectivity index (χ0v) is 20.5. The average Bonchev–Trinajstić information content (AvgIpc) is 3.04. The summed E-state index contributed by atoms with van der Waals surface area (Å²) in [7, 11) is -3.75. The van der Waals surface area contributed by atoms with E-state index in [1.165, 1.54) is 12.1 Å². The van der Waals surface area contributed by atoms with Gasteiger partial charge in [-0.15, -0.1) is 0 Å². The molecule has 0 saturated carbocycles. The van der Waals surface area contributed by atoms with Crippen LogP contribution in [0.3, 0.4) is 0 Å². The standard InChI is InChI=1S/C25H25N5O3S2/c26-35(32,33)19-8-5-17(6-9-19)16-28-25(31)18-7-10-23-21(15-18)29-24(30-13-11-27-12-14-30)20-3-1-2-4-22(20)34-23/h1-10,15,27H,11-14,16H2,(H,28,31)(H2,26,32,33). The molecule has 0 aromatic heterocycles. The molecule has 2 heterocycles. The number of benzene rings is 3. The molecule has 5 rings (SSSR count). The number of nitrogens with one attached hydrogen (secondary N) is 2. The smallest absolute Gasteiger partial charge is 0.251 e. The van der Waals surface area contributed by atoms with E-state index in [4.69, 9.17) is 10.1 Å². The van der Waals surface area contributed by atoms with Gasteiger partial charge in [0.1, 0.15) is 5.84 Å². The molecule has 0 atom stereocenters. The lowest BCUT2D eigenvalue weighted by Crippen LogP contribution is -2.46. The molecule has 3 aromatic rings. The van der Waals surface area contributed by atoms with E-state index in [1.807, 2.05) is 24.3 Å². The van der Waals surface area contributed by atoms with E-state index in [0.29, 0.717) is 5.56 Å². The monoisotopic (exact) mass is 507 g/mol. The number of fused-ring (bicyclic) bond motifs is 2. The fourth-order valence-electron chi connectivity index (χ4n) is 4.06. The molecule has 10 heteroatoms. The highest BCUT2D eigenvalue weighted by Crippen LogP contribution is 2.41. The Morgan fingerprint density at radius 2 is 1.77 bits per heavy atom. The molecule has 4 N–H and O–H groups in total. The molecule has 2 aliphatic heterocycles. The Morgan fingerprint density at radius 3 is 2.51 bits per heavy atom. The number of aliphatic imine (C=N–C) groups is 1. The van der Waals surface area contributed by atoms with Crippen molar-refractivity contribution < 1.29 is 13.2 Å². The number of piperazine rings is 1. The number of amides is 1. The second-order valence-electron chi connectivity index (χ2n) is 8.32. The van der Waals surface area contributed by atoms with Gasteiger partial charge >= 0.3 is 0 Å². The van der Waals surface area contributed by atoms with Crippen molar-refractivity contribution in [3.63, 3.8) is 0 Å². The molecule has 0 aliphatic carbocycles. The third-order valence-corrected chi connectivity index (χ3v) is 7.99. The minimum Gasteiger partial charge on any atom is -0.354 e. The Bertz CT molecular complexity index is 1400. The number of amidine groups is 1. The van der Waals surface area contributed by atoms with Crippen LogP contribution in [0.25, 0.3) is 0 Å². The molecule has 180 valence electrons. The molecule has 1 amide bonds. The van der Waals surface area contributed by atoms with Crippen molar-refractivity contribution in [2.45, 2.75) is 21.2 Å². The highest BCUT2D eigenvalue weighted by Gasteiger charge is 2.23. The van der Waals surface area contributed by atoms with Gasteiger partial charge in [0.25, 0.3) is 5.91 Å². The Hall–Kier alpha value is -3.18. The maximum Gasteiger partial charge on any atom is 0.251 e. The summed E-state index contributed by atoms with van der Waals surface area (Å²) in [6.07, 6.45) is 0. The van der Waals surface area contributed by atoms with Gasteiger partial charge < -0.3 is 15.5 Å². The average molecular weight is 508 g/mol. The molecular formula is C25H25N5O3S2. The lowest BCUT2D eigenvalue weighted by molar-refractivity contribution is 0.0951. The molecule has 0 unspecified atom stereocenters. The molecule has 0 spiro atoms. The highest BCUT2D eigenvalue weighted by atomic mass is 32.2. The number of nitrogens with zero attached hydrogens (tertiary/aromatic N) is 2. The van der Waals surface area contributed by atoms with E-state index in [9.17, 15) is 13.2 Å². The van der Waals surface area contributed by atoms with Gasteiger partial charge in [-0.25, -0.2) is 18.5 Å². The summed E-state index contributed by atoms with van der Waals surface area (Å²) in [6.45, 7) is 3.81. The largest absolute Gasteiger partial charge is 0.354 e. The third kappa shape index (κ3) is 5.25. The van der Waals surface area contributed by atoms with E-state index in [2.05, 4.69) is 27.7 Å². The number of carbonyl (C=O) groups excluding carboxylic acids is 1. The summed E-state index contributed by atoms with van der Waals surface area (Å²) in [4.78, 5) is 22.4. The first kappa shape index (κ1) is 23.6. The Balaban J connectivity index is 1.39. The maximum absolute atomic E-state index is 12.9. The van der Waals surface area contributed by atoms with Crippen LogP contribution in [0.5, 0.6) is 0 Å². The van der Waals surface area contributed by atoms with Gasteiger partial charge in [-0.3, -0.25) is 4.79 Å². The van der Waals surface area contributed by atoms with Crippen LogP contribution in [0.1, 0.15) is 21.5 Å². The first-order chi connectivity index (χ1) is 16.9. The van der Waals surface area contributed by atoms with Gasteiger partial charge in [0.15, 0.2) is 0 Å². The second kappa shape index (κ2) is 9.82. The number of hydrogen-bond donors (Lipinski definition) is 3. The lowest BCUT2D eigenvalue weighted by atomic mass is 10.1. The second-order valence-corrected chi connectivity index (χ2v) is 11.0. The summed E-state index contributed by atoms with van der Waals surface area (Å²) >= 11 is 1.66. The summed E-state index contributed by atoms with van der Waals surface area (Å²) in [6, 6.07) is 20.0. The Morgan fingerprint density at radius 1 is 1.03 bits per heavy atom. The van der Waals surface area contributed by atoms with Crippen LogP contribution in [0.2, 0.25) is 0 Å². The maximum atomic E-state index is 12.9. The molecule has 3 aromatic carbocycles. The Kier molecular flexibility index (Phi) is 6.61. The summed E-state index contributed by atoms with van der Waals surface area (Å²) in [5.41, 5.74) is 3.15. The predicted molar refractivity (Wildman–Crippen MR) is 137 cm³/mol. The van der Waals surface area contributed by atoms with Crippen LogP contribution < -0.4 is 15.8 Å². The lowest BCUT2D eigenvalue weighted by Gasteiger charge is -2.30. The quantitative estimate of drug-likeness (QED) is 0.500. The fourth-order valence-corrected chi connectivity index (χ4v) is 5.58. The minimum atomic E-state index is -3.75. The van der Waals surface area contributed by atoms with Crippen molar-refractivity contribution in [1.82, 2.24) is 15.5 Å². The molecule has 35 heavy (non-hydrogen) atoms. The van der Waals surface area contributed by atoms with Crippen LogP contribution in [0, 0.1) is 0 Å². The van der Waals surface area contributed by atoms with Gasteiger partial charge in [0, 0.05) is 53.6 Å². The van der Waals surface area contributed by atoms with Crippen molar-refractivity contribution >= 4 is 39.2 Å². The van der Waals surface area contributed by atoms with Gasteiger partial charge in [-0.1, -0.05) is 42.1 Å². The number of sulfonamides is 1. The molecule has 0 bridgehead atoms. The zero-order valence-electron chi connectivity index (χ0n) is 18.9. The van der Waals surface area contributed by atoms with Crippen molar-refractivity contribution in [2.75, 3.05) is 26.2 Å². The SMILES string of the molecule is NS(=O)(=O)c1ccc(CNC(=O)c2ccc3c(c2)N=C(N2CCNCC2)c2ccccc2S3)cc1. The molecule has 2 aliphatic rings. The van der Waals surface area contributed by atoms with Crippen LogP contribution in [0.15, 0.2) is 86.4 Å². The highest BCUT2D eigenvalue weighted by molar-refractivity contribution is 7.99. The van der Waals surface area contributed by atoms with E-state index < -0.39 is 10.0 Å². The van der Waals surface area contributed by atoms with Crippen LogP contribution in [-0.4, -0.2) is 51.2 Å². The molecule has 1 fully saturated rings. The normalized spacial score (nSPS) is 15.5. The summed E-state index contributed by atoms with van der Waals surface area (Å²) in [5, 5.41) is 11.4. The first-order valence-corrected chi connectivity index (χ1v) is 13.6. The minimum absolute atomic E-state index is 0.0370. The fraction of sp³-hybridized carbons (Fsp3) is 0.200. The van der Waals surface area contributed by atoms with Gasteiger partial charge in [0.05, 0.1) is 10.6 Å². The molecular weight excluding hydrogens is 482 g/mol. The van der Waals surface area contributed by atoms with Crippen LogP contribution in [-0.2, 0) is 16.6 Å². The van der Waals surface area contributed by atoms with E-state index in [0.717, 1.165) is 58.6 Å². The first-order valence-electron chi connectivity index (χ1n) is 11.2. The number of nitrogens with two attached hydrogens (primary N) is 1. The van der Waals surface area contributed by atoms with Gasteiger partial charge in [0.2, 0.25) is 10.0 Å². The Labute approximate surface area is 208 Å². The molecule has 1 saturated heterocycles. The molecule has 0 radical (unpaired) electrons. The van der Waals surface area contributed by atoms with Crippen LogP contribution in [0.4, 0.5) is 5.69 Å². The summed E-state index contributed by atoms with van der Waals surface area (Å²) < 4.78 is 22.8. The van der Waals surface area contributed by atoms with Crippen molar-refractivity contribution in [1.29, 1.82) is 0 Å². The van der Waals surface area contributed by atoms with Crippen molar-refractivity contribution in [2.24, 2.45) is 10.1 Å². The van der Waals surface area contributed by atoms with E-state index in [-0.39, 0.29) is 17.3 Å². The van der Waals surface area contributed by atoms with Gasteiger partial charge in [-0.05, 0) is 42.0 Å². The van der Waals surface area contributed by atoms with E-state index in [1.54, 1.807) is 30.0 Å². The number of rotatable bonds is 4. The zero-order chi connectivity index (χ0) is 24.4. The molecule has 8 nitrogen and oxygen atoms in total. The summed E-state index contributed by atoms with van der Waals surface area (Å²) in [5.74, 6) is 0.704. The van der Waals surface area contributed by atoms with E-state index >= 15 is 0 Å². The number of carbonyl (C=O) groups is 1. The van der Waals surface area contributed by atoms with Crippen molar-refractivity contribution in [3.05, 3.63) is 83.4 Å². The third-order valence-electron chi connectivity index (χ3n) is 5.92. The number of primary sulfonamides is 1. The number of hydrogen-bond acceptors (Lipinski definition) is 7. The van der Waals surface area contributed by atoms with Crippen LogP contribution >= 0.6 is 11.8 Å². The van der Waals surface area contributed by atoms with Crippen molar-refractivity contribution in [3.8, 4) is 0 Å². The predicted octanol–water partition coefficient (Wildman–Crippen LogP) is 2.71. The van der Waals surface area contributed by atoms with Gasteiger partial charge in [-0.2, -0.15) is 0 Å².